The zero-order valence-electron chi connectivity index (χ0n) is 36.9. The highest BCUT2D eigenvalue weighted by Gasteiger charge is 2.46. The second-order valence-electron chi connectivity index (χ2n) is 18.4. The second-order valence-corrected chi connectivity index (χ2v) is 18.4. The molecule has 1 heterocycles. The van der Waals surface area contributed by atoms with E-state index in [0.717, 1.165) is 50.1 Å². The minimum atomic E-state index is -0.435. The Balaban J connectivity index is 0.960. The van der Waals surface area contributed by atoms with Crippen molar-refractivity contribution in [3.63, 3.8) is 0 Å². The van der Waals surface area contributed by atoms with Crippen LogP contribution in [0.4, 0.5) is 17.1 Å². The first-order valence-electron chi connectivity index (χ1n) is 23.0. The molecule has 0 N–H and O–H groups in total. The van der Waals surface area contributed by atoms with Gasteiger partial charge in [-0.3, -0.25) is 0 Å². The Morgan fingerprint density at radius 2 is 0.879 bits per heavy atom. The molecule has 66 heavy (non-hydrogen) atoms. The smallest absolute Gasteiger partial charge is 0.136 e. The lowest BCUT2D eigenvalue weighted by atomic mass is 9.67. The van der Waals surface area contributed by atoms with E-state index in [1.54, 1.807) is 0 Å². The van der Waals surface area contributed by atoms with Gasteiger partial charge in [-0.2, -0.15) is 0 Å². The molecule has 0 amide bonds. The molecule has 2 heteroatoms. The van der Waals surface area contributed by atoms with Crippen molar-refractivity contribution >= 4 is 39.0 Å². The van der Waals surface area contributed by atoms with Crippen LogP contribution in [0.1, 0.15) is 47.2 Å². The van der Waals surface area contributed by atoms with Crippen molar-refractivity contribution in [1.29, 1.82) is 0 Å². The monoisotopic (exact) mass is 843 g/mol. The number of hydrogen-bond acceptors (Lipinski definition) is 2. The molecule has 0 saturated carbocycles. The Labute approximate surface area is 385 Å². The summed E-state index contributed by atoms with van der Waals surface area (Å²) in [5.74, 6) is 0. The Kier molecular flexibility index (Phi) is 8.51. The van der Waals surface area contributed by atoms with E-state index in [9.17, 15) is 0 Å². The molecule has 0 fully saturated rings. The molecule has 0 aliphatic heterocycles. The summed E-state index contributed by atoms with van der Waals surface area (Å²) in [5.41, 5.74) is 22.3. The number of benzene rings is 10. The van der Waals surface area contributed by atoms with Crippen LogP contribution in [-0.4, -0.2) is 0 Å². The molecule has 312 valence electrons. The van der Waals surface area contributed by atoms with Gasteiger partial charge in [0.25, 0.3) is 0 Å². The molecule has 0 atom stereocenters. The molecule has 0 radical (unpaired) electrons. The Bertz CT molecular complexity index is 3630. The molecule has 2 aliphatic rings. The summed E-state index contributed by atoms with van der Waals surface area (Å²) in [6.07, 6.45) is 0. The van der Waals surface area contributed by atoms with Crippen LogP contribution in [0.25, 0.3) is 66.4 Å². The topological polar surface area (TPSA) is 16.4 Å². The standard InChI is InChI=1S/C64H45NO/c1-63(2)56-27-12-9-23-51(56)53-37-36-49(41-59(53)63)65(47-34-31-42(32-35-47)50-26-16-30-61-62(50)54-25-11-14-29-60(54)66-61)48-22-15-17-43(39-48)44-33-38-58-55(40-44)52-24-10-13-28-57(52)64(58,45-18-5-3-6-19-45)46-20-7-4-8-21-46/h3-41H,1-2H3. The molecular weight excluding hydrogens is 799 g/mol. The Hall–Kier alpha value is -8.20. The van der Waals surface area contributed by atoms with Crippen molar-refractivity contribution in [3.8, 4) is 44.5 Å². The van der Waals surface area contributed by atoms with Crippen LogP contribution in [-0.2, 0) is 10.8 Å². The molecule has 0 spiro atoms. The van der Waals surface area contributed by atoms with Crippen molar-refractivity contribution in [2.75, 3.05) is 4.90 Å². The molecule has 0 unspecified atom stereocenters. The highest BCUT2D eigenvalue weighted by Crippen LogP contribution is 2.57. The van der Waals surface area contributed by atoms with Crippen LogP contribution in [0.3, 0.4) is 0 Å². The zero-order valence-corrected chi connectivity index (χ0v) is 36.9. The van der Waals surface area contributed by atoms with E-state index < -0.39 is 5.41 Å². The Morgan fingerprint density at radius 3 is 1.65 bits per heavy atom. The number of hydrogen-bond donors (Lipinski definition) is 0. The number of furan rings is 1. The number of rotatable bonds is 7. The van der Waals surface area contributed by atoms with Crippen LogP contribution < -0.4 is 4.90 Å². The third-order valence-corrected chi connectivity index (χ3v) is 14.6. The summed E-state index contributed by atoms with van der Waals surface area (Å²) >= 11 is 0. The average molecular weight is 844 g/mol. The van der Waals surface area contributed by atoms with E-state index in [2.05, 4.69) is 249 Å². The van der Waals surface area contributed by atoms with Crippen LogP contribution in [0.2, 0.25) is 0 Å². The second kappa shape index (κ2) is 14.7. The third kappa shape index (κ3) is 5.61. The SMILES string of the molecule is CC1(C)c2ccccc2-c2ccc(N(c3ccc(-c4cccc5oc6ccccc6c45)cc3)c3cccc(-c4ccc5c(c4)-c4ccccc4C5(c4ccccc4)c4ccccc4)c3)cc21. The van der Waals surface area contributed by atoms with Gasteiger partial charge in [-0.1, -0.05) is 196 Å². The lowest BCUT2D eigenvalue weighted by molar-refractivity contribution is 0.660. The average Bonchev–Trinajstić information content (AvgIpc) is 3.98. The fraction of sp³-hybridized carbons (Fsp3) is 0.0625. The van der Waals surface area contributed by atoms with Gasteiger partial charge in [-0.15, -0.1) is 0 Å². The maximum Gasteiger partial charge on any atom is 0.136 e. The predicted octanol–water partition coefficient (Wildman–Crippen LogP) is 17.1. The minimum Gasteiger partial charge on any atom is -0.456 e. The number of nitrogens with zero attached hydrogens (tertiary/aromatic N) is 1. The van der Waals surface area contributed by atoms with Gasteiger partial charge in [-0.05, 0) is 132 Å². The third-order valence-electron chi connectivity index (χ3n) is 14.6. The van der Waals surface area contributed by atoms with E-state index in [-0.39, 0.29) is 5.41 Å². The lowest BCUT2D eigenvalue weighted by Crippen LogP contribution is -2.28. The van der Waals surface area contributed by atoms with Crippen molar-refractivity contribution < 1.29 is 4.42 Å². The maximum atomic E-state index is 6.30. The van der Waals surface area contributed by atoms with E-state index in [0.29, 0.717) is 0 Å². The Morgan fingerprint density at radius 1 is 0.333 bits per heavy atom. The van der Waals surface area contributed by atoms with Crippen LogP contribution in [0, 0.1) is 0 Å². The van der Waals surface area contributed by atoms with Crippen molar-refractivity contribution in [3.05, 3.63) is 270 Å². The van der Waals surface area contributed by atoms with Crippen LogP contribution >= 0.6 is 0 Å². The van der Waals surface area contributed by atoms with Crippen LogP contribution in [0.5, 0.6) is 0 Å². The van der Waals surface area contributed by atoms with Crippen molar-refractivity contribution in [2.45, 2.75) is 24.7 Å². The van der Waals surface area contributed by atoms with E-state index in [4.69, 9.17) is 4.42 Å². The van der Waals surface area contributed by atoms with Gasteiger partial charge in [0.15, 0.2) is 0 Å². The maximum absolute atomic E-state index is 6.30. The molecule has 2 aliphatic carbocycles. The quantitative estimate of drug-likeness (QED) is 0.159. The summed E-state index contributed by atoms with van der Waals surface area (Å²) < 4.78 is 6.30. The summed E-state index contributed by atoms with van der Waals surface area (Å²) in [7, 11) is 0. The minimum absolute atomic E-state index is 0.138. The molecule has 11 aromatic rings. The normalized spacial score (nSPS) is 13.8. The number of anilines is 3. The molecule has 0 bridgehead atoms. The fourth-order valence-electron chi connectivity index (χ4n) is 11.5. The molecule has 0 saturated heterocycles. The predicted molar refractivity (Wildman–Crippen MR) is 274 cm³/mol. The van der Waals surface area contributed by atoms with Crippen molar-refractivity contribution in [1.82, 2.24) is 0 Å². The first-order valence-corrected chi connectivity index (χ1v) is 23.0. The lowest BCUT2D eigenvalue weighted by Gasteiger charge is -2.33. The summed E-state index contributed by atoms with van der Waals surface area (Å²) in [5, 5.41) is 2.28. The van der Waals surface area contributed by atoms with Gasteiger partial charge in [0.2, 0.25) is 0 Å². The van der Waals surface area contributed by atoms with Gasteiger partial charge in [0, 0.05) is 33.2 Å². The molecule has 2 nitrogen and oxygen atoms in total. The zero-order chi connectivity index (χ0) is 44.0. The number of fused-ring (bicyclic) bond motifs is 9. The van der Waals surface area contributed by atoms with Crippen molar-refractivity contribution in [2.24, 2.45) is 0 Å². The summed E-state index contributed by atoms with van der Waals surface area (Å²) in [6, 6.07) is 87.0. The summed E-state index contributed by atoms with van der Waals surface area (Å²) in [6.45, 7) is 4.72. The van der Waals surface area contributed by atoms with Gasteiger partial charge in [0.1, 0.15) is 11.2 Å². The van der Waals surface area contributed by atoms with Gasteiger partial charge >= 0.3 is 0 Å². The van der Waals surface area contributed by atoms with Gasteiger partial charge in [-0.25, -0.2) is 0 Å². The highest BCUT2D eigenvalue weighted by atomic mass is 16.3. The highest BCUT2D eigenvalue weighted by molar-refractivity contribution is 6.12. The fourth-order valence-corrected chi connectivity index (χ4v) is 11.5. The molecule has 10 aromatic carbocycles. The number of para-hydroxylation sites is 1. The molecule has 13 rings (SSSR count). The largest absolute Gasteiger partial charge is 0.456 e. The van der Waals surface area contributed by atoms with E-state index in [1.165, 1.54) is 66.8 Å². The summed E-state index contributed by atoms with van der Waals surface area (Å²) in [4.78, 5) is 2.43. The van der Waals surface area contributed by atoms with Gasteiger partial charge in [0.05, 0.1) is 5.41 Å². The molecule has 1 aromatic heterocycles. The first kappa shape index (κ1) is 38.3. The molecular formula is C64H45NO. The first-order chi connectivity index (χ1) is 32.5. The van der Waals surface area contributed by atoms with Crippen LogP contribution in [0.15, 0.2) is 241 Å². The van der Waals surface area contributed by atoms with E-state index in [1.807, 2.05) is 6.07 Å². The van der Waals surface area contributed by atoms with Gasteiger partial charge < -0.3 is 9.32 Å². The van der Waals surface area contributed by atoms with E-state index >= 15 is 0 Å².